The standard InChI is InChI=1S/C23H29N3O7S/c1-15(2)14-17(24-19-20(28)21(29)22(19)33-3)23(30)25-26(18(27)11-13-34(4,31)32)12-10-16-8-6-5-7-9-16/h5-9,11,13,15,17,24H,10,12,14H2,1-4H3,(H,25,30)/b13-11+/t17-/m0/s1. The number of nitrogens with one attached hydrogen (secondary N) is 2. The van der Waals surface area contributed by atoms with Gasteiger partial charge in [-0.15, -0.1) is 0 Å². The number of carbonyl (C=O) groups excluding carboxylic acids is 2. The van der Waals surface area contributed by atoms with Gasteiger partial charge >= 0.3 is 0 Å². The first kappa shape index (κ1) is 26.8. The van der Waals surface area contributed by atoms with E-state index in [0.29, 0.717) is 6.42 Å². The summed E-state index contributed by atoms with van der Waals surface area (Å²) >= 11 is 0. The van der Waals surface area contributed by atoms with E-state index in [2.05, 4.69) is 10.7 Å². The first-order chi connectivity index (χ1) is 15.9. The van der Waals surface area contributed by atoms with Crippen molar-refractivity contribution in [1.82, 2.24) is 10.4 Å². The number of ether oxygens (including phenoxy) is 1. The Morgan fingerprint density at radius 2 is 1.76 bits per heavy atom. The molecule has 0 spiro atoms. The Balaban J connectivity index is 2.25. The summed E-state index contributed by atoms with van der Waals surface area (Å²) in [6.45, 7) is 3.81. The molecule has 0 fully saturated rings. The Morgan fingerprint density at radius 1 is 1.12 bits per heavy atom. The monoisotopic (exact) mass is 491 g/mol. The summed E-state index contributed by atoms with van der Waals surface area (Å²) in [5.41, 5.74) is 1.77. The predicted octanol–water partition coefficient (Wildman–Crippen LogP) is 0.779. The summed E-state index contributed by atoms with van der Waals surface area (Å²) < 4.78 is 27.8. The van der Waals surface area contributed by atoms with Gasteiger partial charge in [-0.2, -0.15) is 0 Å². The molecule has 0 saturated carbocycles. The second kappa shape index (κ2) is 11.6. The van der Waals surface area contributed by atoms with E-state index in [9.17, 15) is 27.6 Å². The molecule has 2 N–H and O–H groups in total. The minimum absolute atomic E-state index is 0.0272. The van der Waals surface area contributed by atoms with Gasteiger partial charge in [-0.1, -0.05) is 44.2 Å². The van der Waals surface area contributed by atoms with Gasteiger partial charge in [0, 0.05) is 24.3 Å². The van der Waals surface area contributed by atoms with Crippen molar-refractivity contribution < 1.29 is 22.7 Å². The van der Waals surface area contributed by atoms with Crippen molar-refractivity contribution in [2.24, 2.45) is 5.92 Å². The highest BCUT2D eigenvalue weighted by Crippen LogP contribution is 2.20. The number of hydrogen-bond acceptors (Lipinski definition) is 8. The molecule has 0 aromatic heterocycles. The van der Waals surface area contributed by atoms with E-state index in [4.69, 9.17) is 4.74 Å². The van der Waals surface area contributed by atoms with Crippen LogP contribution in [0.25, 0.3) is 0 Å². The van der Waals surface area contributed by atoms with Crippen LogP contribution < -0.4 is 26.3 Å². The van der Waals surface area contributed by atoms with Gasteiger partial charge in [-0.25, -0.2) is 8.42 Å². The molecule has 10 nitrogen and oxygen atoms in total. The van der Waals surface area contributed by atoms with Crippen molar-refractivity contribution in [2.75, 3.05) is 25.2 Å². The summed E-state index contributed by atoms with van der Waals surface area (Å²) in [5, 5.41) is 4.54. The number of carbonyl (C=O) groups is 2. The lowest BCUT2D eigenvalue weighted by molar-refractivity contribution is -0.138. The molecule has 0 saturated heterocycles. The van der Waals surface area contributed by atoms with Crippen molar-refractivity contribution >= 4 is 27.3 Å². The van der Waals surface area contributed by atoms with Crippen LogP contribution in [0.4, 0.5) is 5.69 Å². The minimum Gasteiger partial charge on any atom is -0.491 e. The van der Waals surface area contributed by atoms with Gasteiger partial charge in [0.25, 0.3) is 22.7 Å². The Hall–Kier alpha value is -3.47. The number of methoxy groups -OCH3 is 1. The van der Waals surface area contributed by atoms with Crippen molar-refractivity contribution in [1.29, 1.82) is 0 Å². The molecule has 0 heterocycles. The lowest BCUT2D eigenvalue weighted by Gasteiger charge is -2.27. The number of benzene rings is 1. The molecule has 0 bridgehead atoms. The van der Waals surface area contributed by atoms with Crippen molar-refractivity contribution in [3.8, 4) is 5.75 Å². The number of sulfone groups is 1. The topological polar surface area (TPSA) is 139 Å². The molecular weight excluding hydrogens is 462 g/mol. The van der Waals surface area contributed by atoms with Crippen LogP contribution in [-0.4, -0.2) is 51.2 Å². The van der Waals surface area contributed by atoms with Crippen LogP contribution in [0.15, 0.2) is 51.4 Å². The fourth-order valence-corrected chi connectivity index (χ4v) is 3.53. The lowest BCUT2D eigenvalue weighted by Crippen LogP contribution is -2.53. The number of anilines is 1. The molecule has 0 aliphatic heterocycles. The molecule has 2 amide bonds. The molecule has 0 radical (unpaired) electrons. The first-order valence-electron chi connectivity index (χ1n) is 10.6. The van der Waals surface area contributed by atoms with Crippen molar-refractivity contribution in [3.63, 3.8) is 0 Å². The average Bonchev–Trinajstić information content (AvgIpc) is 2.78. The highest BCUT2D eigenvalue weighted by molar-refractivity contribution is 7.93. The third kappa shape index (κ3) is 7.55. The Kier molecular flexibility index (Phi) is 9.13. The molecule has 184 valence electrons. The molecule has 11 heteroatoms. The van der Waals surface area contributed by atoms with Crippen LogP contribution in [0.2, 0.25) is 0 Å². The van der Waals surface area contributed by atoms with Crippen LogP contribution in [0.3, 0.4) is 0 Å². The predicted molar refractivity (Wildman–Crippen MR) is 129 cm³/mol. The number of rotatable bonds is 11. The normalized spacial score (nSPS) is 12.6. The molecular formula is C23H29N3O7S. The highest BCUT2D eigenvalue weighted by atomic mass is 32.2. The van der Waals surface area contributed by atoms with Crippen LogP contribution >= 0.6 is 0 Å². The van der Waals surface area contributed by atoms with E-state index in [1.54, 1.807) is 0 Å². The SMILES string of the molecule is COc1c(N[C@@H](CC(C)C)C(=O)NN(CCc2ccccc2)C(=O)/C=C/S(C)(=O)=O)c(=O)c1=O. The Bertz CT molecular complexity index is 1210. The summed E-state index contributed by atoms with van der Waals surface area (Å²) in [4.78, 5) is 49.3. The first-order valence-corrected chi connectivity index (χ1v) is 12.6. The summed E-state index contributed by atoms with van der Waals surface area (Å²) in [6.07, 6.45) is 2.50. The van der Waals surface area contributed by atoms with E-state index in [1.807, 2.05) is 44.2 Å². The zero-order valence-corrected chi connectivity index (χ0v) is 20.3. The molecule has 2 aromatic rings. The zero-order chi connectivity index (χ0) is 25.5. The van der Waals surface area contributed by atoms with Gasteiger partial charge in [-0.05, 0) is 24.3 Å². The highest BCUT2D eigenvalue weighted by Gasteiger charge is 2.29. The fraction of sp³-hybridized carbons (Fsp3) is 0.391. The maximum Gasteiger partial charge on any atom is 0.271 e. The molecule has 0 aliphatic carbocycles. The molecule has 2 rings (SSSR count). The van der Waals surface area contributed by atoms with E-state index in [1.165, 1.54) is 7.11 Å². The number of hydrogen-bond donors (Lipinski definition) is 2. The quantitative estimate of drug-likeness (QED) is 0.267. The van der Waals surface area contributed by atoms with E-state index in [-0.39, 0.29) is 30.3 Å². The number of nitrogens with zero attached hydrogens (tertiary/aromatic N) is 1. The molecule has 0 aliphatic rings. The third-order valence-electron chi connectivity index (χ3n) is 4.85. The second-order valence-corrected chi connectivity index (χ2v) is 10.2. The van der Waals surface area contributed by atoms with Crippen LogP contribution in [-0.2, 0) is 25.8 Å². The van der Waals surface area contributed by atoms with Gasteiger partial charge in [0.05, 0.1) is 7.11 Å². The molecule has 34 heavy (non-hydrogen) atoms. The van der Waals surface area contributed by atoms with Gasteiger partial charge in [-0.3, -0.25) is 29.6 Å². The van der Waals surface area contributed by atoms with Crippen LogP contribution in [0, 0.1) is 5.92 Å². The smallest absolute Gasteiger partial charge is 0.271 e. The molecule has 2 aromatic carbocycles. The summed E-state index contributed by atoms with van der Waals surface area (Å²) in [7, 11) is -2.31. The average molecular weight is 492 g/mol. The van der Waals surface area contributed by atoms with E-state index in [0.717, 1.165) is 28.3 Å². The van der Waals surface area contributed by atoms with E-state index >= 15 is 0 Å². The van der Waals surface area contributed by atoms with Gasteiger partial charge in [0.2, 0.25) is 0 Å². The van der Waals surface area contributed by atoms with E-state index < -0.39 is 38.6 Å². The minimum atomic E-state index is -3.56. The zero-order valence-electron chi connectivity index (χ0n) is 19.5. The largest absolute Gasteiger partial charge is 0.491 e. The summed E-state index contributed by atoms with van der Waals surface area (Å²) in [5.74, 6) is -1.48. The maximum absolute atomic E-state index is 13.1. The molecule has 1 atom stereocenters. The Labute approximate surface area is 198 Å². The van der Waals surface area contributed by atoms with Gasteiger partial charge < -0.3 is 10.1 Å². The third-order valence-corrected chi connectivity index (χ3v) is 5.48. The fourth-order valence-electron chi connectivity index (χ4n) is 3.16. The summed E-state index contributed by atoms with van der Waals surface area (Å²) in [6, 6.07) is 8.29. The maximum atomic E-state index is 13.1. The van der Waals surface area contributed by atoms with Crippen molar-refractivity contribution in [3.05, 3.63) is 67.8 Å². The van der Waals surface area contributed by atoms with Crippen molar-refractivity contribution in [2.45, 2.75) is 32.7 Å². The van der Waals surface area contributed by atoms with Crippen LogP contribution in [0.1, 0.15) is 25.8 Å². The second-order valence-electron chi connectivity index (χ2n) is 8.23. The number of hydrazine groups is 1. The van der Waals surface area contributed by atoms with Crippen LogP contribution in [0.5, 0.6) is 5.75 Å². The Morgan fingerprint density at radius 3 is 2.32 bits per heavy atom. The molecule has 0 unspecified atom stereocenters. The number of amides is 2. The lowest BCUT2D eigenvalue weighted by atomic mass is 10.0. The van der Waals surface area contributed by atoms with Gasteiger partial charge in [0.1, 0.15) is 11.7 Å². The van der Waals surface area contributed by atoms with Gasteiger partial charge in [0.15, 0.2) is 15.6 Å².